The van der Waals surface area contributed by atoms with Crippen molar-refractivity contribution in [2.24, 2.45) is 0 Å². The zero-order valence-corrected chi connectivity index (χ0v) is 15.4. The van der Waals surface area contributed by atoms with Gasteiger partial charge in [0.05, 0.1) is 6.04 Å². The summed E-state index contributed by atoms with van der Waals surface area (Å²) < 4.78 is 14.8. The van der Waals surface area contributed by atoms with Crippen molar-refractivity contribution in [1.29, 1.82) is 0 Å². The van der Waals surface area contributed by atoms with Crippen LogP contribution in [-0.2, 0) is 11.2 Å². The number of fused-ring (bicyclic) bond motifs is 1. The predicted molar refractivity (Wildman–Crippen MR) is 96.2 cm³/mol. The van der Waals surface area contributed by atoms with Gasteiger partial charge in [-0.15, -0.1) is 0 Å². The third-order valence-corrected chi connectivity index (χ3v) is 4.90. The Morgan fingerprint density at radius 1 is 1.27 bits per heavy atom. The molecular formula is C19H22FN5O. The molecule has 0 N–H and O–H groups in total. The van der Waals surface area contributed by atoms with Crippen LogP contribution >= 0.6 is 0 Å². The Hall–Kier alpha value is -2.83. The molecule has 26 heavy (non-hydrogen) atoms. The first-order chi connectivity index (χ1) is 12.4. The van der Waals surface area contributed by atoms with E-state index in [-0.39, 0.29) is 17.8 Å². The van der Waals surface area contributed by atoms with Gasteiger partial charge in [0.25, 0.3) is 5.78 Å². The molecule has 0 unspecified atom stereocenters. The summed E-state index contributed by atoms with van der Waals surface area (Å²) in [6.45, 7) is 5.82. The predicted octanol–water partition coefficient (Wildman–Crippen LogP) is 3.03. The maximum Gasteiger partial charge on any atom is 0.252 e. The maximum atomic E-state index is 13.1. The lowest BCUT2D eigenvalue weighted by Crippen LogP contribution is -2.30. The van der Waals surface area contributed by atoms with Gasteiger partial charge in [0, 0.05) is 24.9 Å². The summed E-state index contributed by atoms with van der Waals surface area (Å²) in [7, 11) is 1.77. The zero-order chi connectivity index (χ0) is 18.8. The topological polar surface area (TPSA) is 63.4 Å². The number of hydrogen-bond acceptors (Lipinski definition) is 4. The van der Waals surface area contributed by atoms with E-state index >= 15 is 0 Å². The van der Waals surface area contributed by atoms with Crippen molar-refractivity contribution in [3.8, 4) is 0 Å². The Bertz CT molecular complexity index is 935. The number of nitrogens with zero attached hydrogens (tertiary/aromatic N) is 5. The van der Waals surface area contributed by atoms with E-state index in [9.17, 15) is 9.18 Å². The molecule has 1 aromatic carbocycles. The van der Waals surface area contributed by atoms with E-state index in [4.69, 9.17) is 0 Å². The van der Waals surface area contributed by atoms with E-state index in [1.807, 2.05) is 20.8 Å². The number of benzene rings is 1. The third-order valence-electron chi connectivity index (χ3n) is 4.90. The molecule has 136 valence electrons. The van der Waals surface area contributed by atoms with Crippen LogP contribution in [-0.4, -0.2) is 37.4 Å². The van der Waals surface area contributed by atoms with Crippen molar-refractivity contribution < 1.29 is 9.18 Å². The molecule has 0 saturated heterocycles. The molecule has 0 aliphatic heterocycles. The van der Waals surface area contributed by atoms with Gasteiger partial charge in [-0.25, -0.2) is 13.9 Å². The lowest BCUT2D eigenvalue weighted by molar-refractivity contribution is -0.131. The molecule has 2 heterocycles. The fraction of sp³-hybridized carbons (Fsp3) is 0.368. The Morgan fingerprint density at radius 3 is 2.65 bits per heavy atom. The molecule has 3 rings (SSSR count). The molecule has 0 fully saturated rings. The summed E-state index contributed by atoms with van der Waals surface area (Å²) in [6, 6.07) is 6.12. The van der Waals surface area contributed by atoms with E-state index in [0.29, 0.717) is 18.6 Å². The maximum absolute atomic E-state index is 13.1. The van der Waals surface area contributed by atoms with Crippen LogP contribution in [0.5, 0.6) is 0 Å². The Balaban J connectivity index is 1.71. The summed E-state index contributed by atoms with van der Waals surface area (Å²) in [4.78, 5) is 22.9. The van der Waals surface area contributed by atoms with Crippen LogP contribution in [0.4, 0.5) is 4.39 Å². The van der Waals surface area contributed by atoms with Crippen molar-refractivity contribution in [3.63, 3.8) is 0 Å². The van der Waals surface area contributed by atoms with Crippen LogP contribution in [0.15, 0.2) is 30.6 Å². The van der Waals surface area contributed by atoms with Gasteiger partial charge in [-0.2, -0.15) is 10.1 Å². The molecule has 0 bridgehead atoms. The molecule has 1 atom stereocenters. The minimum absolute atomic E-state index is 0.0271. The van der Waals surface area contributed by atoms with Crippen molar-refractivity contribution >= 4 is 11.7 Å². The lowest BCUT2D eigenvalue weighted by atomic mass is 10.0. The monoisotopic (exact) mass is 355 g/mol. The summed E-state index contributed by atoms with van der Waals surface area (Å²) >= 11 is 0. The molecule has 0 aliphatic rings. The van der Waals surface area contributed by atoms with E-state index in [1.165, 1.54) is 18.5 Å². The van der Waals surface area contributed by atoms with Gasteiger partial charge in [-0.1, -0.05) is 12.1 Å². The average Bonchev–Trinajstić information content (AvgIpc) is 3.09. The smallest absolute Gasteiger partial charge is 0.252 e. The van der Waals surface area contributed by atoms with E-state index in [0.717, 1.165) is 22.5 Å². The van der Waals surface area contributed by atoms with Gasteiger partial charge in [0.15, 0.2) is 0 Å². The van der Waals surface area contributed by atoms with Crippen LogP contribution < -0.4 is 0 Å². The summed E-state index contributed by atoms with van der Waals surface area (Å²) in [5.41, 5.74) is 3.73. The molecule has 0 aliphatic carbocycles. The Kier molecular flexibility index (Phi) is 4.97. The molecule has 0 spiro atoms. The first kappa shape index (κ1) is 18.0. The highest BCUT2D eigenvalue weighted by atomic mass is 19.1. The number of aromatic nitrogens is 4. The molecule has 0 saturated carbocycles. The number of halogens is 1. The van der Waals surface area contributed by atoms with Crippen LogP contribution in [0.25, 0.3) is 5.78 Å². The Morgan fingerprint density at radius 2 is 1.96 bits per heavy atom. The number of carbonyl (C=O) groups is 1. The second-order valence-corrected chi connectivity index (χ2v) is 6.47. The quantitative estimate of drug-likeness (QED) is 0.706. The SMILES string of the molecule is Cc1nc2ncnn2c(C)c1CCC(=O)N(C)[C@H](C)c1ccc(F)cc1. The fourth-order valence-corrected chi connectivity index (χ4v) is 3.11. The van der Waals surface area contributed by atoms with Crippen LogP contribution in [0.1, 0.15) is 41.9 Å². The standard InChI is InChI=1S/C19H22FN5O/c1-12-17(14(3)25-19(23-12)21-11-22-25)9-10-18(26)24(4)13(2)15-5-7-16(20)8-6-15/h5-8,11,13H,9-10H2,1-4H3/t13-/m1/s1. The van der Waals surface area contributed by atoms with Crippen LogP contribution in [0.3, 0.4) is 0 Å². The highest BCUT2D eigenvalue weighted by Gasteiger charge is 2.19. The third kappa shape index (κ3) is 3.42. The zero-order valence-electron chi connectivity index (χ0n) is 15.4. The molecule has 1 amide bonds. The number of carbonyl (C=O) groups excluding carboxylic acids is 1. The molecule has 6 nitrogen and oxygen atoms in total. The Labute approximate surface area is 151 Å². The number of hydrogen-bond donors (Lipinski definition) is 0. The highest BCUT2D eigenvalue weighted by Crippen LogP contribution is 2.21. The van der Waals surface area contributed by atoms with Crippen LogP contribution in [0.2, 0.25) is 0 Å². The van der Waals surface area contributed by atoms with Gasteiger partial charge in [-0.05, 0) is 50.5 Å². The van der Waals surface area contributed by atoms with Crippen molar-refractivity contribution in [3.05, 3.63) is 58.9 Å². The summed E-state index contributed by atoms with van der Waals surface area (Å²) in [6.07, 6.45) is 2.42. The lowest BCUT2D eigenvalue weighted by Gasteiger charge is -2.25. The first-order valence-corrected chi connectivity index (χ1v) is 8.55. The largest absolute Gasteiger partial charge is 0.339 e. The summed E-state index contributed by atoms with van der Waals surface area (Å²) in [5.74, 6) is 0.313. The molecule has 7 heteroatoms. The average molecular weight is 355 g/mol. The van der Waals surface area contributed by atoms with Gasteiger partial charge < -0.3 is 4.90 Å². The van der Waals surface area contributed by atoms with Gasteiger partial charge >= 0.3 is 0 Å². The van der Waals surface area contributed by atoms with Gasteiger partial charge in [0.2, 0.25) is 5.91 Å². The molecule has 3 aromatic rings. The normalized spacial score (nSPS) is 12.3. The van der Waals surface area contributed by atoms with Crippen molar-refractivity contribution in [2.75, 3.05) is 7.05 Å². The number of amides is 1. The van der Waals surface area contributed by atoms with Gasteiger partial charge in [-0.3, -0.25) is 4.79 Å². The minimum Gasteiger partial charge on any atom is -0.339 e. The van der Waals surface area contributed by atoms with E-state index < -0.39 is 0 Å². The first-order valence-electron chi connectivity index (χ1n) is 8.55. The van der Waals surface area contributed by atoms with Crippen LogP contribution in [0, 0.1) is 19.7 Å². The van der Waals surface area contributed by atoms with Crippen molar-refractivity contribution in [1.82, 2.24) is 24.5 Å². The summed E-state index contributed by atoms with van der Waals surface area (Å²) in [5, 5.41) is 4.17. The second-order valence-electron chi connectivity index (χ2n) is 6.47. The molecular weight excluding hydrogens is 333 g/mol. The fourth-order valence-electron chi connectivity index (χ4n) is 3.11. The second kappa shape index (κ2) is 7.19. The van der Waals surface area contributed by atoms with Crippen molar-refractivity contribution in [2.45, 2.75) is 39.7 Å². The molecule has 0 radical (unpaired) electrons. The van der Waals surface area contributed by atoms with Gasteiger partial charge in [0.1, 0.15) is 12.1 Å². The highest BCUT2D eigenvalue weighted by molar-refractivity contribution is 5.76. The van der Waals surface area contributed by atoms with E-state index in [2.05, 4.69) is 15.1 Å². The molecule has 2 aromatic heterocycles. The minimum atomic E-state index is -0.281. The number of aryl methyl sites for hydroxylation is 2. The van der Waals surface area contributed by atoms with E-state index in [1.54, 1.807) is 28.6 Å². The number of rotatable bonds is 5.